The Morgan fingerprint density at radius 2 is 2.00 bits per heavy atom. The molecule has 0 saturated carbocycles. The molecular weight excluding hydrogens is 390 g/mol. The minimum atomic E-state index is -0.573. The highest BCUT2D eigenvalue weighted by atomic mass is 79.9. The zero-order valence-electron chi connectivity index (χ0n) is 13.9. The van der Waals surface area contributed by atoms with Crippen LogP contribution in [0.15, 0.2) is 34.9 Å². The highest BCUT2D eigenvalue weighted by molar-refractivity contribution is 9.10. The van der Waals surface area contributed by atoms with Gasteiger partial charge in [0.2, 0.25) is 0 Å². The van der Waals surface area contributed by atoms with E-state index in [0.717, 1.165) is 14.9 Å². The Hall–Kier alpha value is -2.61. The number of rotatable bonds is 4. The molecule has 25 heavy (non-hydrogen) atoms. The van der Waals surface area contributed by atoms with Gasteiger partial charge in [-0.15, -0.1) is 0 Å². The van der Waals surface area contributed by atoms with E-state index in [1.165, 1.54) is 12.3 Å². The van der Waals surface area contributed by atoms with Crippen LogP contribution >= 0.6 is 15.9 Å². The maximum Gasteiger partial charge on any atom is 0.330 e. The molecule has 2 heterocycles. The number of anilines is 1. The topological polar surface area (TPSA) is 80.8 Å². The Labute approximate surface area is 153 Å². The second-order valence-electron chi connectivity index (χ2n) is 5.53. The van der Waals surface area contributed by atoms with E-state index in [-0.39, 0.29) is 11.7 Å². The van der Waals surface area contributed by atoms with Crippen LogP contribution in [-0.2, 0) is 4.79 Å². The first-order valence-electron chi connectivity index (χ1n) is 7.53. The van der Waals surface area contributed by atoms with Crippen molar-refractivity contribution in [3.63, 3.8) is 0 Å². The maximum atomic E-state index is 12.1. The SMILES string of the molecule is COc1cc(Oc2ccnc(N3C(=O)NC(C)C3=O)c2)cc(Br)c1C. The number of amides is 3. The van der Waals surface area contributed by atoms with E-state index >= 15 is 0 Å². The lowest BCUT2D eigenvalue weighted by Crippen LogP contribution is -2.31. The highest BCUT2D eigenvalue weighted by Gasteiger charge is 2.37. The number of carbonyl (C=O) groups excluding carboxylic acids is 2. The molecule has 1 fully saturated rings. The third kappa shape index (κ3) is 3.30. The first-order chi connectivity index (χ1) is 11.9. The van der Waals surface area contributed by atoms with Crippen molar-refractivity contribution in [1.29, 1.82) is 0 Å². The van der Waals surface area contributed by atoms with Gasteiger partial charge in [-0.3, -0.25) is 4.79 Å². The largest absolute Gasteiger partial charge is 0.496 e. The summed E-state index contributed by atoms with van der Waals surface area (Å²) in [5.74, 6) is 1.54. The van der Waals surface area contributed by atoms with Crippen LogP contribution < -0.4 is 19.7 Å². The second-order valence-corrected chi connectivity index (χ2v) is 6.38. The smallest absolute Gasteiger partial charge is 0.330 e. The molecule has 0 spiro atoms. The van der Waals surface area contributed by atoms with Crippen molar-refractivity contribution in [2.24, 2.45) is 0 Å². The standard InChI is InChI=1S/C17H16BrN3O4/c1-9-13(18)6-12(7-14(9)24-3)25-11-4-5-19-15(8-11)21-16(22)10(2)20-17(21)23/h4-8,10H,1-3H3,(H,20,23). The summed E-state index contributed by atoms with van der Waals surface area (Å²) in [5.41, 5.74) is 0.957. The number of hydrogen-bond donors (Lipinski definition) is 1. The predicted molar refractivity (Wildman–Crippen MR) is 95.2 cm³/mol. The zero-order chi connectivity index (χ0) is 18.1. The van der Waals surface area contributed by atoms with E-state index in [1.807, 2.05) is 13.0 Å². The molecule has 3 rings (SSSR count). The van der Waals surface area contributed by atoms with Crippen molar-refractivity contribution in [2.45, 2.75) is 19.9 Å². The third-order valence-corrected chi connectivity index (χ3v) is 4.63. The third-order valence-electron chi connectivity index (χ3n) is 3.81. The Morgan fingerprint density at radius 1 is 1.24 bits per heavy atom. The molecule has 8 heteroatoms. The summed E-state index contributed by atoms with van der Waals surface area (Å²) in [6.45, 7) is 3.55. The number of ether oxygens (including phenoxy) is 2. The number of aromatic nitrogens is 1. The molecule has 1 aromatic heterocycles. The molecule has 1 saturated heterocycles. The monoisotopic (exact) mass is 405 g/mol. The molecule has 0 radical (unpaired) electrons. The van der Waals surface area contributed by atoms with Gasteiger partial charge in [-0.1, -0.05) is 15.9 Å². The van der Waals surface area contributed by atoms with Gasteiger partial charge in [-0.25, -0.2) is 14.7 Å². The molecule has 1 aliphatic heterocycles. The number of urea groups is 1. The molecule has 1 unspecified atom stereocenters. The lowest BCUT2D eigenvalue weighted by Gasteiger charge is -2.14. The molecule has 0 bridgehead atoms. The highest BCUT2D eigenvalue weighted by Crippen LogP contribution is 2.34. The predicted octanol–water partition coefficient (Wildman–Crippen LogP) is 3.40. The number of nitrogens with zero attached hydrogens (tertiary/aromatic N) is 2. The van der Waals surface area contributed by atoms with Crippen LogP contribution in [0.5, 0.6) is 17.2 Å². The Balaban J connectivity index is 1.89. The number of halogens is 1. The fraction of sp³-hybridized carbons (Fsp3) is 0.235. The average Bonchev–Trinajstić information content (AvgIpc) is 2.83. The normalized spacial score (nSPS) is 16.8. The number of benzene rings is 1. The van der Waals surface area contributed by atoms with Crippen molar-refractivity contribution >= 4 is 33.7 Å². The van der Waals surface area contributed by atoms with E-state index in [2.05, 4.69) is 26.2 Å². The maximum absolute atomic E-state index is 12.1. The molecule has 2 aromatic rings. The van der Waals surface area contributed by atoms with Gasteiger partial charge in [0.15, 0.2) is 0 Å². The van der Waals surface area contributed by atoms with Gasteiger partial charge < -0.3 is 14.8 Å². The Kier molecular flexibility index (Phi) is 4.63. The number of carbonyl (C=O) groups is 2. The van der Waals surface area contributed by atoms with Gasteiger partial charge in [0.1, 0.15) is 29.1 Å². The number of imide groups is 1. The van der Waals surface area contributed by atoms with Crippen LogP contribution in [0.2, 0.25) is 0 Å². The molecule has 1 aromatic carbocycles. The fourth-order valence-electron chi connectivity index (χ4n) is 2.44. The molecule has 1 aliphatic rings. The summed E-state index contributed by atoms with van der Waals surface area (Å²) >= 11 is 3.46. The molecule has 7 nitrogen and oxygen atoms in total. The summed E-state index contributed by atoms with van der Waals surface area (Å²) in [5, 5.41) is 2.55. The van der Waals surface area contributed by atoms with Crippen molar-refractivity contribution in [3.8, 4) is 17.2 Å². The van der Waals surface area contributed by atoms with Crippen LogP contribution in [0.4, 0.5) is 10.6 Å². The van der Waals surface area contributed by atoms with E-state index in [0.29, 0.717) is 17.2 Å². The summed E-state index contributed by atoms with van der Waals surface area (Å²) in [6, 6.07) is 5.68. The van der Waals surface area contributed by atoms with Crippen molar-refractivity contribution in [2.75, 3.05) is 12.0 Å². The number of hydrogen-bond acceptors (Lipinski definition) is 5. The molecule has 0 aliphatic carbocycles. The van der Waals surface area contributed by atoms with Crippen LogP contribution in [-0.4, -0.2) is 30.1 Å². The number of methoxy groups -OCH3 is 1. The van der Waals surface area contributed by atoms with Gasteiger partial charge in [-0.2, -0.15) is 0 Å². The van der Waals surface area contributed by atoms with Gasteiger partial charge in [0.05, 0.1) is 7.11 Å². The summed E-state index contributed by atoms with van der Waals surface area (Å²) in [4.78, 5) is 29.1. The Morgan fingerprint density at radius 3 is 2.64 bits per heavy atom. The molecular formula is C17H16BrN3O4. The van der Waals surface area contributed by atoms with Crippen molar-refractivity contribution < 1.29 is 19.1 Å². The minimum Gasteiger partial charge on any atom is -0.496 e. The summed E-state index contributed by atoms with van der Waals surface area (Å²) in [7, 11) is 1.59. The van der Waals surface area contributed by atoms with Gasteiger partial charge in [0.25, 0.3) is 5.91 Å². The average molecular weight is 406 g/mol. The Bertz CT molecular complexity index is 856. The first-order valence-corrected chi connectivity index (χ1v) is 8.32. The van der Waals surface area contributed by atoms with E-state index in [9.17, 15) is 9.59 Å². The zero-order valence-corrected chi connectivity index (χ0v) is 15.5. The minimum absolute atomic E-state index is 0.211. The van der Waals surface area contributed by atoms with Crippen molar-refractivity contribution in [1.82, 2.24) is 10.3 Å². The van der Waals surface area contributed by atoms with Gasteiger partial charge >= 0.3 is 6.03 Å². The summed E-state index contributed by atoms with van der Waals surface area (Å²) in [6.07, 6.45) is 1.48. The molecule has 3 amide bonds. The lowest BCUT2D eigenvalue weighted by molar-refractivity contribution is -0.118. The van der Waals surface area contributed by atoms with Crippen LogP contribution in [0, 0.1) is 6.92 Å². The van der Waals surface area contributed by atoms with E-state index < -0.39 is 12.1 Å². The summed E-state index contributed by atoms with van der Waals surface area (Å²) < 4.78 is 12.0. The van der Waals surface area contributed by atoms with Crippen LogP contribution in [0.3, 0.4) is 0 Å². The quantitative estimate of drug-likeness (QED) is 0.788. The van der Waals surface area contributed by atoms with E-state index in [1.54, 1.807) is 26.2 Å². The number of nitrogens with one attached hydrogen (secondary N) is 1. The molecule has 130 valence electrons. The molecule has 1 N–H and O–H groups in total. The molecule has 1 atom stereocenters. The first kappa shape index (κ1) is 17.2. The van der Waals surface area contributed by atoms with Gasteiger partial charge in [0, 0.05) is 28.4 Å². The van der Waals surface area contributed by atoms with E-state index in [4.69, 9.17) is 9.47 Å². The fourth-order valence-corrected chi connectivity index (χ4v) is 2.87. The van der Waals surface area contributed by atoms with Crippen LogP contribution in [0.25, 0.3) is 0 Å². The van der Waals surface area contributed by atoms with Crippen LogP contribution in [0.1, 0.15) is 12.5 Å². The number of pyridine rings is 1. The van der Waals surface area contributed by atoms with Crippen molar-refractivity contribution in [3.05, 3.63) is 40.5 Å². The lowest BCUT2D eigenvalue weighted by atomic mass is 10.2. The second kappa shape index (κ2) is 6.72. The van der Waals surface area contributed by atoms with Gasteiger partial charge in [-0.05, 0) is 26.0 Å².